The summed E-state index contributed by atoms with van der Waals surface area (Å²) in [5, 5.41) is 18.4. The lowest BCUT2D eigenvalue weighted by Gasteiger charge is -2.18. The van der Waals surface area contributed by atoms with Gasteiger partial charge in [-0.25, -0.2) is 4.79 Å². The van der Waals surface area contributed by atoms with Crippen molar-refractivity contribution in [3.8, 4) is 11.5 Å². The molecule has 0 bridgehead atoms. The summed E-state index contributed by atoms with van der Waals surface area (Å²) in [6, 6.07) is 8.94. The van der Waals surface area contributed by atoms with Gasteiger partial charge in [0.05, 0.1) is 16.7 Å². The van der Waals surface area contributed by atoms with E-state index in [2.05, 4.69) is 22.1 Å². The Labute approximate surface area is 192 Å². The van der Waals surface area contributed by atoms with Crippen LogP contribution >= 0.6 is 0 Å². The van der Waals surface area contributed by atoms with Gasteiger partial charge in [0.2, 0.25) is 5.91 Å². The predicted molar refractivity (Wildman–Crippen MR) is 129 cm³/mol. The number of nitrogen functional groups attached to an aromatic ring is 1. The number of hydrogen-bond donors (Lipinski definition) is 5. The summed E-state index contributed by atoms with van der Waals surface area (Å²) >= 11 is 0. The number of nitrogens with two attached hydrogens (primary N) is 1. The maximum absolute atomic E-state index is 11.7. The Balaban J connectivity index is 0.000000237. The van der Waals surface area contributed by atoms with Crippen LogP contribution in [0.2, 0.25) is 0 Å². The number of phenolic OH excluding ortho intramolecular Hbond substituents is 1. The molecule has 3 aromatic rings. The molecule has 9 nitrogen and oxygen atoms in total. The van der Waals surface area contributed by atoms with Crippen LogP contribution < -0.4 is 15.8 Å². The summed E-state index contributed by atoms with van der Waals surface area (Å²) in [5.74, 6) is 0.0877. The van der Waals surface area contributed by atoms with Crippen LogP contribution in [0, 0.1) is 12.3 Å². The Bertz CT molecular complexity index is 1140. The van der Waals surface area contributed by atoms with Gasteiger partial charge in [0.25, 0.3) is 0 Å². The zero-order valence-corrected chi connectivity index (χ0v) is 19.7. The Kier molecular flexibility index (Phi) is 8.17. The first-order valence-corrected chi connectivity index (χ1v) is 10.4. The molecule has 1 heterocycles. The van der Waals surface area contributed by atoms with E-state index in [0.29, 0.717) is 22.6 Å². The van der Waals surface area contributed by atoms with Gasteiger partial charge in [-0.15, -0.1) is 0 Å². The highest BCUT2D eigenvalue weighted by Crippen LogP contribution is 2.31. The van der Waals surface area contributed by atoms with Crippen molar-refractivity contribution in [1.29, 1.82) is 0 Å². The van der Waals surface area contributed by atoms with Gasteiger partial charge in [-0.3, -0.25) is 15.0 Å². The van der Waals surface area contributed by atoms with Crippen LogP contribution in [0.3, 0.4) is 0 Å². The molecule has 0 aliphatic carbocycles. The van der Waals surface area contributed by atoms with E-state index < -0.39 is 5.97 Å². The molecule has 1 amide bonds. The zero-order valence-electron chi connectivity index (χ0n) is 19.7. The molecular formula is C24H32N4O5. The normalized spacial score (nSPS) is 10.8. The topological polar surface area (TPSA) is 142 Å². The molecule has 0 spiro atoms. The van der Waals surface area contributed by atoms with Crippen molar-refractivity contribution in [3.05, 3.63) is 48.0 Å². The van der Waals surface area contributed by atoms with Crippen LogP contribution in [0.1, 0.15) is 33.3 Å². The number of H-pyrrole nitrogens is 2. The van der Waals surface area contributed by atoms with E-state index in [1.54, 1.807) is 26.0 Å². The third-order valence-corrected chi connectivity index (χ3v) is 4.63. The molecule has 0 fully saturated rings. The first-order valence-electron chi connectivity index (χ1n) is 10.4. The molecule has 6 N–H and O–H groups in total. The van der Waals surface area contributed by atoms with E-state index in [-0.39, 0.29) is 30.3 Å². The summed E-state index contributed by atoms with van der Waals surface area (Å²) in [6.45, 7) is 12.7. The second-order valence-electron chi connectivity index (χ2n) is 8.61. The number of anilines is 2. The molecule has 0 radical (unpaired) electrons. The van der Waals surface area contributed by atoms with Crippen molar-refractivity contribution < 1.29 is 24.2 Å². The Hall–Kier alpha value is -3.88. The quantitative estimate of drug-likeness (QED) is 0.123. The Morgan fingerprint density at radius 2 is 1.79 bits per heavy atom. The number of rotatable bonds is 6. The number of benzene rings is 2. The van der Waals surface area contributed by atoms with Gasteiger partial charge in [0.1, 0.15) is 24.7 Å². The second-order valence-corrected chi connectivity index (χ2v) is 8.61. The van der Waals surface area contributed by atoms with E-state index >= 15 is 0 Å². The number of aromatic hydroxyl groups is 1. The van der Waals surface area contributed by atoms with Crippen LogP contribution in [-0.2, 0) is 14.3 Å². The number of carbonyl (C=O) groups is 2. The lowest BCUT2D eigenvalue weighted by atomic mass is 9.95. The Morgan fingerprint density at radius 3 is 2.33 bits per heavy atom. The van der Waals surface area contributed by atoms with Gasteiger partial charge < -0.3 is 25.6 Å². The minimum Gasteiger partial charge on any atom is -0.505 e. The highest BCUT2D eigenvalue weighted by Gasteiger charge is 2.21. The second kappa shape index (κ2) is 10.6. The van der Waals surface area contributed by atoms with E-state index in [9.17, 15) is 14.7 Å². The van der Waals surface area contributed by atoms with Gasteiger partial charge in [-0.1, -0.05) is 27.4 Å². The number of hydrogen-bond acceptors (Lipinski definition) is 6. The highest BCUT2D eigenvalue weighted by atomic mass is 16.6. The fourth-order valence-electron chi connectivity index (χ4n) is 2.49. The number of fused-ring (bicyclic) bond motifs is 1. The van der Waals surface area contributed by atoms with Crippen LogP contribution in [0.4, 0.5) is 11.4 Å². The van der Waals surface area contributed by atoms with Gasteiger partial charge in [-0.2, -0.15) is 0 Å². The van der Waals surface area contributed by atoms with Gasteiger partial charge in [0.15, 0.2) is 0 Å². The fourth-order valence-corrected chi connectivity index (χ4v) is 2.49. The van der Waals surface area contributed by atoms with E-state index in [1.165, 1.54) is 0 Å². The number of amides is 1. The monoisotopic (exact) mass is 456 g/mol. The van der Waals surface area contributed by atoms with Gasteiger partial charge in [-0.05, 0) is 44.2 Å². The summed E-state index contributed by atoms with van der Waals surface area (Å²) in [6.07, 6.45) is 0. The SMILES string of the molecule is C=C(C)C(=O)OCCOc1ccc(N)c(O)c1C.CC(C)(C)C(=O)Nc1ccc2[nH][nH]c2c1. The molecule has 178 valence electrons. The minimum absolute atomic E-state index is 0.00595. The molecule has 0 aliphatic rings. The summed E-state index contributed by atoms with van der Waals surface area (Å²) in [5.41, 5.74) is 9.26. The first kappa shape index (κ1) is 25.4. The minimum atomic E-state index is -0.449. The summed E-state index contributed by atoms with van der Waals surface area (Å²) in [7, 11) is 0. The Morgan fingerprint density at radius 1 is 1.12 bits per heavy atom. The number of nitrogens with one attached hydrogen (secondary N) is 3. The maximum atomic E-state index is 11.7. The number of ether oxygens (including phenoxy) is 2. The molecule has 2 aromatic carbocycles. The van der Waals surface area contributed by atoms with E-state index in [0.717, 1.165) is 16.7 Å². The third-order valence-electron chi connectivity index (χ3n) is 4.63. The summed E-state index contributed by atoms with van der Waals surface area (Å²) < 4.78 is 10.2. The zero-order chi connectivity index (χ0) is 24.8. The first-order chi connectivity index (χ1) is 15.4. The number of aromatic amines is 2. The van der Waals surface area contributed by atoms with Crippen LogP contribution in [-0.4, -0.2) is 40.4 Å². The lowest BCUT2D eigenvalue weighted by molar-refractivity contribution is -0.139. The molecule has 33 heavy (non-hydrogen) atoms. The average molecular weight is 457 g/mol. The van der Waals surface area contributed by atoms with Gasteiger partial charge in [0, 0.05) is 22.2 Å². The summed E-state index contributed by atoms with van der Waals surface area (Å²) in [4.78, 5) is 22.8. The third kappa shape index (κ3) is 7.06. The van der Waals surface area contributed by atoms with Crippen molar-refractivity contribution in [2.75, 3.05) is 24.3 Å². The number of phenols is 1. The largest absolute Gasteiger partial charge is 0.505 e. The maximum Gasteiger partial charge on any atom is 0.333 e. The number of esters is 1. The standard InChI is InChI=1S/C13H17NO4.C11H15N3O/c1-8(2)13(16)18-7-6-17-11-5-4-10(14)12(15)9(11)3;1-11(2,3)10(15)12-7-4-5-8-9(6-7)14-13-8/h4-5,15H,1,6-7,14H2,2-3H3;4-6,13-14H,1-3H3,(H,12,15). The van der Waals surface area contributed by atoms with Crippen molar-refractivity contribution in [2.24, 2.45) is 5.41 Å². The van der Waals surface area contributed by atoms with Crippen molar-refractivity contribution in [2.45, 2.75) is 34.6 Å². The number of aromatic nitrogens is 2. The molecule has 0 aliphatic heterocycles. The van der Waals surface area contributed by atoms with Crippen LogP contribution in [0.15, 0.2) is 42.5 Å². The molecule has 0 unspecified atom stereocenters. The number of carbonyl (C=O) groups excluding carboxylic acids is 2. The molecule has 0 saturated heterocycles. The smallest absolute Gasteiger partial charge is 0.333 e. The van der Waals surface area contributed by atoms with E-state index in [4.69, 9.17) is 15.2 Å². The van der Waals surface area contributed by atoms with E-state index in [1.807, 2.05) is 39.0 Å². The molecule has 0 atom stereocenters. The van der Waals surface area contributed by atoms with Crippen LogP contribution in [0.5, 0.6) is 11.5 Å². The molecule has 1 aromatic heterocycles. The predicted octanol–water partition coefficient (Wildman–Crippen LogP) is 4.26. The molecular weight excluding hydrogens is 424 g/mol. The van der Waals surface area contributed by atoms with Crippen molar-refractivity contribution in [3.63, 3.8) is 0 Å². The van der Waals surface area contributed by atoms with Crippen molar-refractivity contribution >= 4 is 34.3 Å². The lowest BCUT2D eigenvalue weighted by Crippen LogP contribution is -2.27. The van der Waals surface area contributed by atoms with Gasteiger partial charge >= 0.3 is 5.97 Å². The fraction of sp³-hybridized carbons (Fsp3) is 0.333. The highest BCUT2D eigenvalue weighted by molar-refractivity contribution is 5.96. The van der Waals surface area contributed by atoms with Crippen LogP contribution in [0.25, 0.3) is 11.0 Å². The van der Waals surface area contributed by atoms with Crippen molar-refractivity contribution in [1.82, 2.24) is 10.2 Å². The average Bonchev–Trinajstić information content (AvgIpc) is 2.72. The molecule has 3 rings (SSSR count). The molecule has 9 heteroatoms. The molecule has 0 saturated carbocycles.